The lowest BCUT2D eigenvalue weighted by molar-refractivity contribution is 0.252. The minimum atomic E-state index is -0.273. The maximum Gasteiger partial charge on any atom is 0.319 e. The number of nitrogens with zero attached hydrogens (tertiary/aromatic N) is 2. The summed E-state index contributed by atoms with van der Waals surface area (Å²) in [5, 5.41) is 10.2. The highest BCUT2D eigenvalue weighted by atomic mass is 35.5. The minimum Gasteiger partial charge on any atom is -0.339 e. The molecule has 6 nitrogen and oxygen atoms in total. The Balaban J connectivity index is 1.47. The third-order valence-corrected chi connectivity index (χ3v) is 4.28. The van der Waals surface area contributed by atoms with Crippen molar-refractivity contribution in [2.24, 2.45) is 0 Å². The Hall–Kier alpha value is -2.86. The van der Waals surface area contributed by atoms with Crippen molar-refractivity contribution in [3.8, 4) is 11.4 Å². The third kappa shape index (κ3) is 5.31. The molecular formula is C20H21ClN4O2. The van der Waals surface area contributed by atoms with Crippen molar-refractivity contribution in [2.45, 2.75) is 26.2 Å². The second-order valence-electron chi connectivity index (χ2n) is 6.43. The van der Waals surface area contributed by atoms with Gasteiger partial charge in [-0.15, -0.1) is 0 Å². The molecule has 0 unspecified atom stereocenters. The fraction of sp³-hybridized carbons (Fsp3) is 0.250. The van der Waals surface area contributed by atoms with Crippen LogP contribution < -0.4 is 10.6 Å². The van der Waals surface area contributed by atoms with Crippen molar-refractivity contribution in [1.82, 2.24) is 15.5 Å². The number of benzene rings is 2. The second-order valence-corrected chi connectivity index (χ2v) is 6.86. The number of hydrogen-bond donors (Lipinski definition) is 2. The van der Waals surface area contributed by atoms with E-state index in [0.29, 0.717) is 35.6 Å². The quantitative estimate of drug-likeness (QED) is 0.634. The number of carbonyl (C=O) groups excluding carboxylic acids is 1. The highest BCUT2D eigenvalue weighted by Gasteiger charge is 2.09. The van der Waals surface area contributed by atoms with E-state index in [-0.39, 0.29) is 6.03 Å². The van der Waals surface area contributed by atoms with E-state index in [9.17, 15) is 4.79 Å². The normalized spacial score (nSPS) is 10.8. The zero-order valence-corrected chi connectivity index (χ0v) is 16.0. The van der Waals surface area contributed by atoms with Crippen molar-refractivity contribution in [3.63, 3.8) is 0 Å². The molecule has 0 atom stereocenters. The van der Waals surface area contributed by atoms with Crippen LogP contribution in [0.2, 0.25) is 5.02 Å². The molecule has 3 aromatic rings. The summed E-state index contributed by atoms with van der Waals surface area (Å²) in [6.07, 6.45) is 0.445. The Labute approximate surface area is 162 Å². The first kappa shape index (κ1) is 18.9. The second kappa shape index (κ2) is 8.68. The Bertz CT molecular complexity index is 889. The molecule has 2 aromatic carbocycles. The smallest absolute Gasteiger partial charge is 0.319 e. The van der Waals surface area contributed by atoms with Gasteiger partial charge in [-0.1, -0.05) is 42.7 Å². The van der Waals surface area contributed by atoms with Crippen LogP contribution in [0.3, 0.4) is 0 Å². The van der Waals surface area contributed by atoms with Gasteiger partial charge in [-0.3, -0.25) is 0 Å². The zero-order valence-electron chi connectivity index (χ0n) is 15.2. The van der Waals surface area contributed by atoms with Crippen LogP contribution in [0.5, 0.6) is 0 Å². The molecule has 3 rings (SSSR count). The van der Waals surface area contributed by atoms with Gasteiger partial charge in [0.05, 0.1) is 0 Å². The molecule has 27 heavy (non-hydrogen) atoms. The first-order valence-corrected chi connectivity index (χ1v) is 9.12. The van der Waals surface area contributed by atoms with Crippen molar-refractivity contribution in [3.05, 3.63) is 65.0 Å². The Morgan fingerprint density at radius 3 is 2.48 bits per heavy atom. The summed E-state index contributed by atoms with van der Waals surface area (Å²) in [4.78, 5) is 16.3. The van der Waals surface area contributed by atoms with Crippen molar-refractivity contribution in [1.29, 1.82) is 0 Å². The van der Waals surface area contributed by atoms with Crippen LogP contribution in [0.25, 0.3) is 11.4 Å². The highest BCUT2D eigenvalue weighted by Crippen LogP contribution is 2.19. The molecule has 0 radical (unpaired) electrons. The molecule has 1 aromatic heterocycles. The maximum atomic E-state index is 12.0. The van der Waals surface area contributed by atoms with Crippen LogP contribution in [0.15, 0.2) is 53.1 Å². The summed E-state index contributed by atoms with van der Waals surface area (Å²) < 4.78 is 5.22. The van der Waals surface area contributed by atoms with Crippen LogP contribution >= 0.6 is 11.6 Å². The van der Waals surface area contributed by atoms with Crippen LogP contribution in [-0.2, 0) is 6.42 Å². The van der Waals surface area contributed by atoms with Crippen LogP contribution in [-0.4, -0.2) is 22.7 Å². The number of nitrogens with one attached hydrogen (secondary N) is 2. The van der Waals surface area contributed by atoms with Crippen molar-refractivity contribution >= 4 is 23.3 Å². The third-order valence-electron chi connectivity index (χ3n) is 4.03. The van der Waals surface area contributed by atoms with Crippen LogP contribution in [0.4, 0.5) is 10.5 Å². The van der Waals surface area contributed by atoms with E-state index in [1.54, 1.807) is 12.1 Å². The van der Waals surface area contributed by atoms with Crippen molar-refractivity contribution < 1.29 is 9.32 Å². The van der Waals surface area contributed by atoms with Gasteiger partial charge in [0.1, 0.15) is 0 Å². The molecule has 0 saturated carbocycles. The number of amides is 2. The topological polar surface area (TPSA) is 80.0 Å². The monoisotopic (exact) mass is 384 g/mol. The standard InChI is InChI=1S/C20H21ClN4O2/c1-13(2)14-5-9-17(10-6-14)23-20(26)22-12-11-18-24-19(25-27-18)15-3-7-16(21)8-4-15/h3-10,13H,11-12H2,1-2H3,(H2,22,23,26). The van der Waals surface area contributed by atoms with E-state index in [1.807, 2.05) is 36.4 Å². The fourth-order valence-electron chi connectivity index (χ4n) is 2.48. The largest absolute Gasteiger partial charge is 0.339 e. The lowest BCUT2D eigenvalue weighted by Crippen LogP contribution is -2.30. The molecule has 7 heteroatoms. The van der Waals surface area contributed by atoms with Gasteiger partial charge in [0.15, 0.2) is 0 Å². The Morgan fingerprint density at radius 1 is 1.11 bits per heavy atom. The Morgan fingerprint density at radius 2 is 1.81 bits per heavy atom. The summed E-state index contributed by atoms with van der Waals surface area (Å²) in [6.45, 7) is 4.65. The number of urea groups is 1. The molecule has 1 heterocycles. The van der Waals surface area contributed by atoms with E-state index in [0.717, 1.165) is 11.3 Å². The summed E-state index contributed by atoms with van der Waals surface area (Å²) in [5.74, 6) is 1.41. The summed E-state index contributed by atoms with van der Waals surface area (Å²) in [7, 11) is 0. The molecule has 2 amide bonds. The van der Waals surface area contributed by atoms with Gasteiger partial charge >= 0.3 is 6.03 Å². The highest BCUT2D eigenvalue weighted by molar-refractivity contribution is 6.30. The zero-order chi connectivity index (χ0) is 19.2. The van der Waals surface area contributed by atoms with Gasteiger partial charge in [-0.25, -0.2) is 4.79 Å². The molecular weight excluding hydrogens is 364 g/mol. The van der Waals surface area contributed by atoms with E-state index >= 15 is 0 Å². The van der Waals surface area contributed by atoms with Gasteiger partial charge in [0, 0.05) is 29.2 Å². The van der Waals surface area contributed by atoms with Crippen molar-refractivity contribution in [2.75, 3.05) is 11.9 Å². The molecule has 140 valence electrons. The van der Waals surface area contributed by atoms with Gasteiger partial charge in [-0.2, -0.15) is 4.98 Å². The molecule has 0 aliphatic heterocycles. The number of hydrogen-bond acceptors (Lipinski definition) is 4. The molecule has 2 N–H and O–H groups in total. The van der Waals surface area contributed by atoms with Gasteiger partial charge in [-0.05, 0) is 47.9 Å². The predicted octanol–water partition coefficient (Wildman–Crippen LogP) is 4.88. The van der Waals surface area contributed by atoms with Crippen LogP contribution in [0.1, 0.15) is 31.2 Å². The SMILES string of the molecule is CC(C)c1ccc(NC(=O)NCCc2nc(-c3ccc(Cl)cc3)no2)cc1. The summed E-state index contributed by atoms with van der Waals surface area (Å²) >= 11 is 5.87. The lowest BCUT2D eigenvalue weighted by Gasteiger charge is -2.09. The lowest BCUT2D eigenvalue weighted by atomic mass is 10.0. The molecule has 0 spiro atoms. The number of rotatable bonds is 6. The first-order valence-electron chi connectivity index (χ1n) is 8.74. The Kier molecular flexibility index (Phi) is 6.08. The van der Waals surface area contributed by atoms with E-state index in [4.69, 9.17) is 16.1 Å². The molecule has 0 aliphatic carbocycles. The minimum absolute atomic E-state index is 0.273. The fourth-order valence-corrected chi connectivity index (χ4v) is 2.61. The predicted molar refractivity (Wildman–Crippen MR) is 106 cm³/mol. The molecule has 0 fully saturated rings. The number of aromatic nitrogens is 2. The number of anilines is 1. The molecule has 0 aliphatic rings. The molecule has 0 bridgehead atoms. The van der Waals surface area contributed by atoms with E-state index in [2.05, 4.69) is 34.6 Å². The van der Waals surface area contributed by atoms with Crippen LogP contribution in [0, 0.1) is 0 Å². The average molecular weight is 385 g/mol. The maximum absolute atomic E-state index is 12.0. The number of halogens is 1. The number of carbonyl (C=O) groups is 1. The van der Waals surface area contributed by atoms with Gasteiger partial charge in [0.2, 0.25) is 11.7 Å². The molecule has 0 saturated heterocycles. The summed E-state index contributed by atoms with van der Waals surface area (Å²) in [5.41, 5.74) is 2.80. The first-order chi connectivity index (χ1) is 13.0. The van der Waals surface area contributed by atoms with E-state index < -0.39 is 0 Å². The summed E-state index contributed by atoms with van der Waals surface area (Å²) in [6, 6.07) is 14.7. The van der Waals surface area contributed by atoms with E-state index in [1.165, 1.54) is 5.56 Å². The van der Waals surface area contributed by atoms with Gasteiger partial charge < -0.3 is 15.2 Å². The average Bonchev–Trinajstić information content (AvgIpc) is 3.11. The van der Waals surface area contributed by atoms with Gasteiger partial charge in [0.25, 0.3) is 0 Å².